The first kappa shape index (κ1) is 12.7. The van der Waals surface area contributed by atoms with Gasteiger partial charge in [0.25, 0.3) is 0 Å². The number of nitrogens with zero attached hydrogens (tertiary/aromatic N) is 1. The molecule has 0 fully saturated rings. The second-order valence-corrected chi connectivity index (χ2v) is 4.77. The molecule has 0 aliphatic carbocycles. The van der Waals surface area contributed by atoms with E-state index in [1.165, 1.54) is 0 Å². The van der Waals surface area contributed by atoms with E-state index in [0.29, 0.717) is 17.2 Å². The van der Waals surface area contributed by atoms with Crippen LogP contribution >= 0.6 is 11.8 Å². The lowest BCUT2D eigenvalue weighted by atomic mass is 10.1. The summed E-state index contributed by atoms with van der Waals surface area (Å²) < 4.78 is 0. The van der Waals surface area contributed by atoms with Gasteiger partial charge in [-0.15, -0.1) is 0 Å². The summed E-state index contributed by atoms with van der Waals surface area (Å²) in [7, 11) is 0. The van der Waals surface area contributed by atoms with Crippen LogP contribution in [0.1, 0.15) is 12.5 Å². The van der Waals surface area contributed by atoms with Crippen molar-refractivity contribution in [1.82, 2.24) is 0 Å². The van der Waals surface area contributed by atoms with Gasteiger partial charge in [0.1, 0.15) is 6.07 Å². The summed E-state index contributed by atoms with van der Waals surface area (Å²) in [6, 6.07) is 7.54. The highest BCUT2D eigenvalue weighted by Gasteiger charge is 2.03. The molecule has 1 rings (SSSR count). The lowest BCUT2D eigenvalue weighted by molar-refractivity contribution is 0.701. The first-order valence-corrected chi connectivity index (χ1v) is 6.59. The van der Waals surface area contributed by atoms with Crippen LogP contribution < -0.4 is 11.1 Å². The number of nitriles is 1. The van der Waals surface area contributed by atoms with Crippen molar-refractivity contribution in [3.05, 3.63) is 23.8 Å². The van der Waals surface area contributed by atoms with E-state index in [4.69, 9.17) is 11.0 Å². The van der Waals surface area contributed by atoms with Crippen LogP contribution in [0.2, 0.25) is 0 Å². The van der Waals surface area contributed by atoms with Crippen molar-refractivity contribution in [3.8, 4) is 6.07 Å². The minimum absolute atomic E-state index is 0.530. The molecule has 0 spiro atoms. The highest BCUT2D eigenvalue weighted by atomic mass is 32.2. The number of thioether (sulfide) groups is 1. The summed E-state index contributed by atoms with van der Waals surface area (Å²) in [4.78, 5) is 0. The number of hydrogen-bond acceptors (Lipinski definition) is 4. The van der Waals surface area contributed by atoms with Crippen molar-refractivity contribution >= 4 is 23.1 Å². The Kier molecular flexibility index (Phi) is 5.00. The molecular weight excluding hydrogens is 218 g/mol. The summed E-state index contributed by atoms with van der Waals surface area (Å²) >= 11 is 1.84. The summed E-state index contributed by atoms with van der Waals surface area (Å²) in [5, 5.41) is 12.2. The molecule has 0 saturated heterocycles. The molecule has 0 aromatic heterocycles. The fourth-order valence-electron chi connectivity index (χ4n) is 1.40. The minimum atomic E-state index is 0.530. The number of nitrogens with two attached hydrogens (primary N) is 1. The minimum Gasteiger partial charge on any atom is -0.398 e. The van der Waals surface area contributed by atoms with Gasteiger partial charge in [0, 0.05) is 17.9 Å². The lowest BCUT2D eigenvalue weighted by Gasteiger charge is -2.12. The first-order valence-electron chi connectivity index (χ1n) is 5.19. The zero-order valence-corrected chi connectivity index (χ0v) is 10.5. The van der Waals surface area contributed by atoms with E-state index in [1.54, 1.807) is 12.1 Å². The Morgan fingerprint density at radius 3 is 2.94 bits per heavy atom. The average molecular weight is 235 g/mol. The van der Waals surface area contributed by atoms with E-state index < -0.39 is 0 Å². The predicted molar refractivity (Wildman–Crippen MR) is 71.6 cm³/mol. The van der Waals surface area contributed by atoms with Crippen LogP contribution in [0.3, 0.4) is 0 Å². The van der Waals surface area contributed by atoms with Crippen LogP contribution in [-0.4, -0.2) is 18.6 Å². The molecule has 0 aliphatic heterocycles. The van der Waals surface area contributed by atoms with Gasteiger partial charge in [0.05, 0.1) is 5.56 Å². The predicted octanol–water partition coefficient (Wildman–Crippen LogP) is 2.55. The molecule has 3 N–H and O–H groups in total. The van der Waals surface area contributed by atoms with E-state index >= 15 is 0 Å². The van der Waals surface area contributed by atoms with Gasteiger partial charge in [-0.1, -0.05) is 6.92 Å². The molecule has 1 atom stereocenters. The van der Waals surface area contributed by atoms with E-state index in [1.807, 2.05) is 17.8 Å². The van der Waals surface area contributed by atoms with Gasteiger partial charge in [-0.3, -0.25) is 0 Å². The Labute approximate surface area is 101 Å². The molecule has 0 saturated carbocycles. The van der Waals surface area contributed by atoms with Gasteiger partial charge in [0.15, 0.2) is 0 Å². The van der Waals surface area contributed by atoms with Crippen LogP contribution in [0.25, 0.3) is 0 Å². The molecule has 0 bridgehead atoms. The molecule has 1 unspecified atom stereocenters. The lowest BCUT2D eigenvalue weighted by Crippen LogP contribution is -2.13. The molecule has 3 nitrogen and oxygen atoms in total. The third kappa shape index (κ3) is 3.67. The van der Waals surface area contributed by atoms with Gasteiger partial charge in [0.2, 0.25) is 0 Å². The van der Waals surface area contributed by atoms with Gasteiger partial charge in [-0.2, -0.15) is 17.0 Å². The van der Waals surface area contributed by atoms with Gasteiger partial charge < -0.3 is 11.1 Å². The number of benzene rings is 1. The molecule has 0 amide bonds. The zero-order valence-electron chi connectivity index (χ0n) is 9.66. The van der Waals surface area contributed by atoms with Crippen LogP contribution in [-0.2, 0) is 0 Å². The second kappa shape index (κ2) is 6.29. The standard InChI is InChI=1S/C12H17N3S/c1-9(8-16-2)7-15-11-3-4-12(14)10(5-11)6-13/h3-5,9,15H,7-8,14H2,1-2H3. The van der Waals surface area contributed by atoms with E-state index in [-0.39, 0.29) is 0 Å². The van der Waals surface area contributed by atoms with Crippen molar-refractivity contribution < 1.29 is 0 Å². The van der Waals surface area contributed by atoms with Crippen molar-refractivity contribution in [2.45, 2.75) is 6.92 Å². The molecule has 0 heterocycles. The normalized spacial score (nSPS) is 11.8. The Balaban J connectivity index is 2.58. The molecule has 1 aromatic rings. The van der Waals surface area contributed by atoms with Crippen LogP contribution in [0.5, 0.6) is 0 Å². The average Bonchev–Trinajstić information content (AvgIpc) is 2.28. The highest BCUT2D eigenvalue weighted by Crippen LogP contribution is 2.17. The molecular formula is C12H17N3S. The Bertz CT molecular complexity index is 384. The third-order valence-corrected chi connectivity index (χ3v) is 3.18. The van der Waals surface area contributed by atoms with Gasteiger partial charge in [-0.25, -0.2) is 0 Å². The fraction of sp³-hybridized carbons (Fsp3) is 0.417. The van der Waals surface area contributed by atoms with E-state index in [2.05, 4.69) is 24.6 Å². The highest BCUT2D eigenvalue weighted by molar-refractivity contribution is 7.98. The van der Waals surface area contributed by atoms with Crippen molar-refractivity contribution in [1.29, 1.82) is 5.26 Å². The van der Waals surface area contributed by atoms with Crippen molar-refractivity contribution in [3.63, 3.8) is 0 Å². The second-order valence-electron chi connectivity index (χ2n) is 3.86. The third-order valence-electron chi connectivity index (χ3n) is 2.28. The molecule has 16 heavy (non-hydrogen) atoms. The summed E-state index contributed by atoms with van der Waals surface area (Å²) in [5.41, 5.74) is 7.67. The number of rotatable bonds is 5. The number of nitrogens with one attached hydrogen (secondary N) is 1. The first-order chi connectivity index (χ1) is 7.67. The zero-order chi connectivity index (χ0) is 12.0. The van der Waals surface area contributed by atoms with Crippen LogP contribution in [0.15, 0.2) is 18.2 Å². The van der Waals surface area contributed by atoms with E-state index in [0.717, 1.165) is 18.0 Å². The molecule has 0 radical (unpaired) electrons. The molecule has 1 aromatic carbocycles. The number of anilines is 2. The Hall–Kier alpha value is -1.34. The topological polar surface area (TPSA) is 61.8 Å². The van der Waals surface area contributed by atoms with E-state index in [9.17, 15) is 0 Å². The SMILES string of the molecule is CSCC(C)CNc1ccc(N)c(C#N)c1. The monoisotopic (exact) mass is 235 g/mol. The Morgan fingerprint density at radius 1 is 1.56 bits per heavy atom. The summed E-state index contributed by atoms with van der Waals surface area (Å²) in [6.45, 7) is 3.11. The maximum Gasteiger partial charge on any atom is 0.101 e. The Morgan fingerprint density at radius 2 is 2.31 bits per heavy atom. The smallest absolute Gasteiger partial charge is 0.101 e. The number of hydrogen-bond donors (Lipinski definition) is 2. The summed E-state index contributed by atoms with van der Waals surface area (Å²) in [5.74, 6) is 1.74. The largest absolute Gasteiger partial charge is 0.398 e. The summed E-state index contributed by atoms with van der Waals surface area (Å²) in [6.07, 6.45) is 2.10. The van der Waals surface area contributed by atoms with Gasteiger partial charge in [-0.05, 0) is 36.1 Å². The molecule has 0 aliphatic rings. The van der Waals surface area contributed by atoms with Crippen LogP contribution in [0, 0.1) is 17.2 Å². The maximum atomic E-state index is 8.84. The van der Waals surface area contributed by atoms with Crippen LogP contribution in [0.4, 0.5) is 11.4 Å². The molecule has 4 heteroatoms. The number of nitrogen functional groups attached to an aromatic ring is 1. The van der Waals surface area contributed by atoms with Crippen molar-refractivity contribution in [2.75, 3.05) is 29.6 Å². The maximum absolute atomic E-state index is 8.84. The van der Waals surface area contributed by atoms with Crippen molar-refractivity contribution in [2.24, 2.45) is 5.92 Å². The molecule has 86 valence electrons. The fourth-order valence-corrected chi connectivity index (χ4v) is 2.09. The quantitative estimate of drug-likeness (QED) is 0.770. The van der Waals surface area contributed by atoms with Gasteiger partial charge >= 0.3 is 0 Å².